The van der Waals surface area contributed by atoms with E-state index in [0.717, 1.165) is 24.3 Å². The SMILES string of the molecule is COc1cccc(CCCNC(=O)c2cnc(C)cn2)c1. The highest BCUT2D eigenvalue weighted by Crippen LogP contribution is 2.13. The van der Waals surface area contributed by atoms with Crippen molar-refractivity contribution in [1.29, 1.82) is 0 Å². The Morgan fingerprint density at radius 3 is 2.86 bits per heavy atom. The van der Waals surface area contributed by atoms with Crippen LogP contribution in [-0.4, -0.2) is 29.5 Å². The van der Waals surface area contributed by atoms with Gasteiger partial charge >= 0.3 is 0 Å². The lowest BCUT2D eigenvalue weighted by Crippen LogP contribution is -2.25. The zero-order valence-corrected chi connectivity index (χ0v) is 12.3. The standard InChI is InChI=1S/C16H19N3O2/c1-12-10-19-15(11-18-12)16(20)17-8-4-6-13-5-3-7-14(9-13)21-2/h3,5,7,9-11H,4,6,8H2,1-2H3,(H,17,20). The Morgan fingerprint density at radius 1 is 1.29 bits per heavy atom. The molecule has 0 aliphatic carbocycles. The highest BCUT2D eigenvalue weighted by molar-refractivity contribution is 5.91. The summed E-state index contributed by atoms with van der Waals surface area (Å²) in [5.74, 6) is 0.666. The van der Waals surface area contributed by atoms with Crippen molar-refractivity contribution in [3.8, 4) is 5.75 Å². The molecule has 1 N–H and O–H groups in total. The number of aromatic nitrogens is 2. The van der Waals surface area contributed by atoms with Crippen molar-refractivity contribution in [3.63, 3.8) is 0 Å². The predicted molar refractivity (Wildman–Crippen MR) is 80.4 cm³/mol. The van der Waals surface area contributed by atoms with Gasteiger partial charge in [-0.15, -0.1) is 0 Å². The molecule has 0 saturated carbocycles. The van der Waals surface area contributed by atoms with Gasteiger partial charge in [0.1, 0.15) is 11.4 Å². The van der Waals surface area contributed by atoms with Crippen LogP contribution in [0.5, 0.6) is 5.75 Å². The smallest absolute Gasteiger partial charge is 0.271 e. The lowest BCUT2D eigenvalue weighted by atomic mass is 10.1. The minimum Gasteiger partial charge on any atom is -0.497 e. The first-order valence-corrected chi connectivity index (χ1v) is 6.89. The highest BCUT2D eigenvalue weighted by atomic mass is 16.5. The van der Waals surface area contributed by atoms with E-state index in [0.29, 0.717) is 12.2 Å². The van der Waals surface area contributed by atoms with Gasteiger partial charge < -0.3 is 10.1 Å². The lowest BCUT2D eigenvalue weighted by molar-refractivity contribution is 0.0948. The highest BCUT2D eigenvalue weighted by Gasteiger charge is 2.06. The van der Waals surface area contributed by atoms with Gasteiger partial charge in [-0.3, -0.25) is 9.78 Å². The Morgan fingerprint density at radius 2 is 2.14 bits per heavy atom. The summed E-state index contributed by atoms with van der Waals surface area (Å²) in [7, 11) is 1.65. The second-order valence-electron chi connectivity index (χ2n) is 4.75. The van der Waals surface area contributed by atoms with E-state index in [1.165, 1.54) is 11.8 Å². The number of methoxy groups -OCH3 is 1. The number of nitrogens with one attached hydrogen (secondary N) is 1. The quantitative estimate of drug-likeness (QED) is 0.826. The normalized spacial score (nSPS) is 10.2. The Kier molecular flexibility index (Phi) is 5.26. The minimum absolute atomic E-state index is 0.187. The molecule has 0 unspecified atom stereocenters. The number of hydrogen-bond donors (Lipinski definition) is 1. The number of carbonyl (C=O) groups is 1. The van der Waals surface area contributed by atoms with Crippen LogP contribution >= 0.6 is 0 Å². The average Bonchev–Trinajstić information content (AvgIpc) is 2.52. The largest absolute Gasteiger partial charge is 0.497 e. The molecule has 1 amide bonds. The molecule has 1 heterocycles. The maximum atomic E-state index is 11.8. The summed E-state index contributed by atoms with van der Waals surface area (Å²) in [4.78, 5) is 19.9. The Labute approximate surface area is 124 Å². The Balaban J connectivity index is 1.76. The van der Waals surface area contributed by atoms with Crippen molar-refractivity contribution >= 4 is 5.91 Å². The molecule has 0 atom stereocenters. The van der Waals surface area contributed by atoms with Crippen molar-refractivity contribution in [3.05, 3.63) is 53.6 Å². The number of amides is 1. The minimum atomic E-state index is -0.187. The second-order valence-corrected chi connectivity index (χ2v) is 4.75. The van der Waals surface area contributed by atoms with Gasteiger partial charge in [0.15, 0.2) is 0 Å². The van der Waals surface area contributed by atoms with Crippen LogP contribution in [-0.2, 0) is 6.42 Å². The molecule has 0 saturated heterocycles. The molecule has 0 aliphatic rings. The third kappa shape index (κ3) is 4.56. The van der Waals surface area contributed by atoms with E-state index in [4.69, 9.17) is 4.74 Å². The first-order valence-electron chi connectivity index (χ1n) is 6.89. The maximum absolute atomic E-state index is 11.8. The van der Waals surface area contributed by atoms with E-state index in [1.54, 1.807) is 13.3 Å². The fourth-order valence-electron chi connectivity index (χ4n) is 1.92. The second kappa shape index (κ2) is 7.38. The van der Waals surface area contributed by atoms with Crippen LogP contribution in [0.4, 0.5) is 0 Å². The number of nitrogens with zero attached hydrogens (tertiary/aromatic N) is 2. The summed E-state index contributed by atoms with van der Waals surface area (Å²) in [6.45, 7) is 2.44. The number of carbonyl (C=O) groups excluding carboxylic acids is 1. The molecule has 21 heavy (non-hydrogen) atoms. The molecule has 5 nitrogen and oxygen atoms in total. The van der Waals surface area contributed by atoms with Crippen molar-refractivity contribution in [2.75, 3.05) is 13.7 Å². The summed E-state index contributed by atoms with van der Waals surface area (Å²) < 4.78 is 5.18. The van der Waals surface area contributed by atoms with Crippen LogP contribution in [0.25, 0.3) is 0 Å². The van der Waals surface area contributed by atoms with Crippen LogP contribution in [0.3, 0.4) is 0 Å². The number of rotatable bonds is 6. The molecule has 0 fully saturated rings. The van der Waals surface area contributed by atoms with E-state index in [2.05, 4.69) is 21.4 Å². The van der Waals surface area contributed by atoms with E-state index >= 15 is 0 Å². The van der Waals surface area contributed by atoms with Crippen LogP contribution in [0, 0.1) is 6.92 Å². The van der Waals surface area contributed by atoms with Gasteiger partial charge in [-0.1, -0.05) is 12.1 Å². The van der Waals surface area contributed by atoms with Crippen LogP contribution in [0.1, 0.15) is 28.2 Å². The number of hydrogen-bond acceptors (Lipinski definition) is 4. The lowest BCUT2D eigenvalue weighted by Gasteiger charge is -2.06. The van der Waals surface area contributed by atoms with Gasteiger partial charge in [0.2, 0.25) is 0 Å². The third-order valence-corrected chi connectivity index (χ3v) is 3.08. The molecule has 0 spiro atoms. The molecule has 1 aromatic heterocycles. The number of ether oxygens (including phenoxy) is 1. The van der Waals surface area contributed by atoms with Gasteiger partial charge in [-0.2, -0.15) is 0 Å². The summed E-state index contributed by atoms with van der Waals surface area (Å²) in [6.07, 6.45) is 4.83. The van der Waals surface area contributed by atoms with E-state index in [-0.39, 0.29) is 5.91 Å². The zero-order chi connectivity index (χ0) is 15.1. The first-order chi connectivity index (χ1) is 10.2. The zero-order valence-electron chi connectivity index (χ0n) is 12.3. The van der Waals surface area contributed by atoms with Crippen LogP contribution in [0.2, 0.25) is 0 Å². The van der Waals surface area contributed by atoms with E-state index in [1.807, 2.05) is 25.1 Å². The molecular weight excluding hydrogens is 266 g/mol. The fraction of sp³-hybridized carbons (Fsp3) is 0.312. The van der Waals surface area contributed by atoms with Crippen LogP contribution in [0.15, 0.2) is 36.7 Å². The first kappa shape index (κ1) is 15.0. The maximum Gasteiger partial charge on any atom is 0.271 e. The van der Waals surface area contributed by atoms with Gasteiger partial charge in [0.25, 0.3) is 5.91 Å². The summed E-state index contributed by atoms with van der Waals surface area (Å²) >= 11 is 0. The Bertz CT molecular complexity index is 597. The summed E-state index contributed by atoms with van der Waals surface area (Å²) in [5, 5.41) is 2.84. The molecule has 0 aliphatic heterocycles. The molecule has 5 heteroatoms. The molecule has 0 bridgehead atoms. The summed E-state index contributed by atoms with van der Waals surface area (Å²) in [6, 6.07) is 7.94. The third-order valence-electron chi connectivity index (χ3n) is 3.08. The summed E-state index contributed by atoms with van der Waals surface area (Å²) in [5.41, 5.74) is 2.34. The van der Waals surface area contributed by atoms with Gasteiger partial charge in [0, 0.05) is 12.7 Å². The molecule has 1 aromatic carbocycles. The van der Waals surface area contributed by atoms with Crippen molar-refractivity contribution in [2.45, 2.75) is 19.8 Å². The predicted octanol–water partition coefficient (Wildman–Crippen LogP) is 2.16. The van der Waals surface area contributed by atoms with Crippen LogP contribution < -0.4 is 10.1 Å². The number of benzene rings is 1. The van der Waals surface area contributed by atoms with Crippen molar-refractivity contribution < 1.29 is 9.53 Å². The number of aryl methyl sites for hydroxylation is 2. The van der Waals surface area contributed by atoms with Gasteiger partial charge in [0.05, 0.1) is 19.0 Å². The molecule has 2 rings (SSSR count). The fourth-order valence-corrected chi connectivity index (χ4v) is 1.92. The average molecular weight is 285 g/mol. The van der Waals surface area contributed by atoms with Crippen molar-refractivity contribution in [2.24, 2.45) is 0 Å². The molecule has 0 radical (unpaired) electrons. The molecular formula is C16H19N3O2. The molecule has 110 valence electrons. The monoisotopic (exact) mass is 285 g/mol. The van der Waals surface area contributed by atoms with Gasteiger partial charge in [-0.25, -0.2) is 4.98 Å². The molecule has 2 aromatic rings. The van der Waals surface area contributed by atoms with Crippen molar-refractivity contribution in [1.82, 2.24) is 15.3 Å². The topological polar surface area (TPSA) is 64.1 Å². The van der Waals surface area contributed by atoms with E-state index < -0.39 is 0 Å². The van der Waals surface area contributed by atoms with Gasteiger partial charge in [-0.05, 0) is 37.5 Å². The Hall–Kier alpha value is -2.43. The van der Waals surface area contributed by atoms with E-state index in [9.17, 15) is 4.79 Å².